The second-order valence-corrected chi connectivity index (χ2v) is 0.0816. The van der Waals surface area contributed by atoms with Crippen molar-refractivity contribution in [3.8, 4) is 0 Å². The summed E-state index contributed by atoms with van der Waals surface area (Å²) in [5, 5.41) is 7.89. The van der Waals surface area contributed by atoms with Crippen molar-refractivity contribution in [1.82, 2.24) is 0 Å². The van der Waals surface area contributed by atoms with E-state index in [1.807, 2.05) is 15.9 Å². The van der Waals surface area contributed by atoms with E-state index in [0.29, 0.717) is 0 Å². The van der Waals surface area contributed by atoms with E-state index in [1.54, 1.807) is 0 Å². The molecule has 0 aliphatic heterocycles. The number of hydrogen-bond acceptors (Lipinski definition) is 3. The van der Waals surface area contributed by atoms with Crippen LogP contribution in [0.2, 0.25) is 0 Å². The summed E-state index contributed by atoms with van der Waals surface area (Å²) in [6, 6.07) is 0. The molecule has 0 amide bonds. The quantitative estimate of drug-likeness (QED) is 0.277. The molecule has 32 valence electrons. The summed E-state index contributed by atoms with van der Waals surface area (Å²) in [5.74, 6) is 0. The normalized spacial score (nSPS) is 3.40. The van der Waals surface area contributed by atoms with E-state index in [4.69, 9.17) is 13.9 Å². The van der Waals surface area contributed by atoms with E-state index < -0.39 is 0 Å². The number of hydrogen-bond donors (Lipinski definition) is 1. The molecule has 0 aromatic heterocycles. The summed E-state index contributed by atoms with van der Waals surface area (Å²) in [5.41, 5.74) is 0. The van der Waals surface area contributed by atoms with Crippen LogP contribution in [0.25, 0.3) is 0 Å². The van der Waals surface area contributed by atoms with Crippen molar-refractivity contribution in [2.24, 2.45) is 5.34 Å². The van der Waals surface area contributed by atoms with Gasteiger partial charge in [0.2, 0.25) is 0 Å². The fraction of sp³-hybridized carbons (Fsp3) is 0. The monoisotopic (exact) mass is 119 g/mol. The van der Waals surface area contributed by atoms with Crippen molar-refractivity contribution in [2.75, 3.05) is 0 Å². The Morgan fingerprint density at radius 2 is 1.60 bits per heavy atom. The van der Waals surface area contributed by atoms with Crippen LogP contribution in [0.15, 0.2) is 5.34 Å². The van der Waals surface area contributed by atoms with Crippen LogP contribution in [0.4, 0.5) is 0 Å². The van der Waals surface area contributed by atoms with Crippen LogP contribution in [-0.2, 0) is 19.8 Å². The molecule has 0 aliphatic carbocycles. The summed E-state index contributed by atoms with van der Waals surface area (Å²) < 4.78 is 8.00. The minimum absolute atomic E-state index is 1.25. The molecule has 0 radical (unpaired) electrons. The molecule has 0 saturated heterocycles. The van der Waals surface area contributed by atoms with Crippen molar-refractivity contribution in [1.29, 1.82) is 0 Å². The van der Waals surface area contributed by atoms with Gasteiger partial charge in [-0.3, -0.25) is 0 Å². The second kappa shape index (κ2) is 53.1. The van der Waals surface area contributed by atoms with Crippen molar-refractivity contribution in [3.05, 3.63) is 4.91 Å². The summed E-state index contributed by atoms with van der Waals surface area (Å²) in [7, 11) is 0. The first-order valence-corrected chi connectivity index (χ1v) is 0.978. The van der Waals surface area contributed by atoms with Crippen LogP contribution < -0.4 is 0 Å². The van der Waals surface area contributed by atoms with E-state index in [-0.39, 0.29) is 0 Å². The molecule has 0 fully saturated rings. The molecule has 0 aliphatic rings. The molecule has 5 heavy (non-hydrogen) atoms. The Labute approximate surface area is 36.1 Å². The molecule has 0 saturated carbocycles. The maximum absolute atomic E-state index is 8.11. The molecule has 5 heteroatoms. The van der Waals surface area contributed by atoms with Crippen molar-refractivity contribution >= 4 is 0 Å². The molecular weight excluding hydrogens is 118 g/mol. The van der Waals surface area contributed by atoms with Crippen LogP contribution in [-0.4, -0.2) is 5.21 Å². The van der Waals surface area contributed by atoms with Gasteiger partial charge in [-0.05, 0) is 0 Å². The van der Waals surface area contributed by atoms with Gasteiger partial charge in [0.1, 0.15) is 0 Å². The van der Waals surface area contributed by atoms with Crippen LogP contribution in [0, 0.1) is 4.91 Å². The van der Waals surface area contributed by atoms with E-state index in [9.17, 15) is 0 Å². The third kappa shape index (κ3) is 140. The Balaban J connectivity index is 0. The molecular formula is HFeNO3. The molecule has 0 aromatic carbocycles. The van der Waals surface area contributed by atoms with Crippen LogP contribution in [0.1, 0.15) is 0 Å². The zero-order chi connectivity index (χ0) is 4.71. The molecule has 0 unspecified atom stereocenters. The van der Waals surface area contributed by atoms with Gasteiger partial charge in [0.15, 0.2) is 5.34 Å². The van der Waals surface area contributed by atoms with E-state index in [2.05, 4.69) is 0 Å². The summed E-state index contributed by atoms with van der Waals surface area (Å²) in [6.45, 7) is 0. The Bertz CT molecular complexity index is 20.9. The molecule has 0 heterocycles. The summed E-state index contributed by atoms with van der Waals surface area (Å²) in [4.78, 5) is 8.11. The van der Waals surface area contributed by atoms with Crippen molar-refractivity contribution in [2.45, 2.75) is 0 Å². The zero-order valence-electron chi connectivity index (χ0n) is 2.06. The van der Waals surface area contributed by atoms with Crippen molar-refractivity contribution < 1.29 is 25.0 Å². The fourth-order valence-electron chi connectivity index (χ4n) is 0. The average molecular weight is 119 g/mol. The Morgan fingerprint density at radius 3 is 1.60 bits per heavy atom. The van der Waals surface area contributed by atoms with Gasteiger partial charge >= 0.3 is 19.8 Å². The molecule has 0 aromatic rings. The summed E-state index contributed by atoms with van der Waals surface area (Å²) in [6.07, 6.45) is 0. The minimum atomic E-state index is 1.25. The second-order valence-electron chi connectivity index (χ2n) is 0.0816. The SMILES string of the molecule is O=NO.[O]=[Fe]. The molecule has 1 N–H and O–H groups in total. The Hall–Kier alpha value is -0.281. The van der Waals surface area contributed by atoms with Gasteiger partial charge in [-0.25, -0.2) is 0 Å². The van der Waals surface area contributed by atoms with E-state index in [1.165, 1.54) is 5.34 Å². The van der Waals surface area contributed by atoms with Crippen molar-refractivity contribution in [3.63, 3.8) is 0 Å². The van der Waals surface area contributed by atoms with Gasteiger partial charge in [-0.2, -0.15) is 0 Å². The predicted molar refractivity (Wildman–Crippen MR) is 8.27 cm³/mol. The molecule has 0 atom stereocenters. The van der Waals surface area contributed by atoms with Crippen LogP contribution in [0.3, 0.4) is 0 Å². The molecule has 0 bridgehead atoms. The van der Waals surface area contributed by atoms with Crippen LogP contribution >= 0.6 is 0 Å². The first-order chi connectivity index (χ1) is 2.41. The maximum atomic E-state index is 8.11. The molecule has 0 rings (SSSR count). The first kappa shape index (κ1) is 8.83. The van der Waals surface area contributed by atoms with Gasteiger partial charge in [-0.15, -0.1) is 4.91 Å². The summed E-state index contributed by atoms with van der Waals surface area (Å²) >= 11 is 2.00. The van der Waals surface area contributed by atoms with Crippen LogP contribution in [0.5, 0.6) is 0 Å². The Kier molecular flexibility index (Phi) is 93.8. The first-order valence-electron chi connectivity index (χ1n) is 0.527. The fourth-order valence-corrected chi connectivity index (χ4v) is 0. The molecule has 0 spiro atoms. The standard InChI is InChI=1S/Fe.HNO2.O/c;2-1-3;/h;(H,2,3);. The third-order valence-electron chi connectivity index (χ3n) is 0. The topological polar surface area (TPSA) is 66.7 Å². The predicted octanol–water partition coefficient (Wildman–Crippen LogP) is 0.0207. The number of rotatable bonds is 0. The molecule has 4 nitrogen and oxygen atoms in total. The number of nitrogens with zero attached hydrogens (tertiary/aromatic N) is 1. The Morgan fingerprint density at radius 1 is 1.60 bits per heavy atom. The third-order valence-corrected chi connectivity index (χ3v) is 0. The van der Waals surface area contributed by atoms with Gasteiger partial charge in [0.25, 0.3) is 0 Å². The zero-order valence-corrected chi connectivity index (χ0v) is 3.17. The van der Waals surface area contributed by atoms with Gasteiger partial charge in [0.05, 0.1) is 0 Å². The van der Waals surface area contributed by atoms with E-state index >= 15 is 0 Å². The van der Waals surface area contributed by atoms with E-state index in [0.717, 1.165) is 0 Å². The van der Waals surface area contributed by atoms with Gasteiger partial charge < -0.3 is 5.21 Å². The van der Waals surface area contributed by atoms with Gasteiger partial charge in [-0.1, -0.05) is 0 Å². The van der Waals surface area contributed by atoms with Gasteiger partial charge in [0, 0.05) is 0 Å². The average Bonchev–Trinajstić information content (AvgIpc) is 1.46.